The number of aromatic nitrogens is 3. The maximum atomic E-state index is 10.2. The fraction of sp³-hybridized carbons (Fsp3) is 0. The third-order valence-electron chi connectivity index (χ3n) is 5.76. The summed E-state index contributed by atoms with van der Waals surface area (Å²) in [6, 6.07) is 34.4. The summed E-state index contributed by atoms with van der Waals surface area (Å²) in [7, 11) is 0. The van der Waals surface area contributed by atoms with Gasteiger partial charge in [0.15, 0.2) is 0 Å². The van der Waals surface area contributed by atoms with Gasteiger partial charge in [0.25, 0.3) is 0 Å². The molecule has 0 atom stereocenters. The van der Waals surface area contributed by atoms with Crippen molar-refractivity contribution in [1.82, 2.24) is 14.5 Å². The van der Waals surface area contributed by atoms with Crippen molar-refractivity contribution in [2.45, 2.75) is 0 Å². The van der Waals surface area contributed by atoms with Crippen molar-refractivity contribution < 1.29 is 5.11 Å². The molecule has 0 bridgehead atoms. The van der Waals surface area contributed by atoms with Crippen LogP contribution in [0.25, 0.3) is 50.1 Å². The number of nitrogens with zero attached hydrogens (tertiary/aromatic N) is 3. The van der Waals surface area contributed by atoms with E-state index in [0.717, 1.165) is 44.6 Å². The zero-order valence-corrected chi connectivity index (χ0v) is 17.2. The number of phenolic OH excluding ortho intramolecular Hbond substituents is 1. The minimum absolute atomic E-state index is 0.186. The van der Waals surface area contributed by atoms with Crippen LogP contribution in [0.3, 0.4) is 0 Å². The number of aromatic hydroxyl groups is 1. The van der Waals surface area contributed by atoms with Crippen LogP contribution in [0.1, 0.15) is 0 Å². The second-order valence-corrected chi connectivity index (χ2v) is 7.71. The molecule has 6 aromatic rings. The van der Waals surface area contributed by atoms with Crippen molar-refractivity contribution in [2.75, 3.05) is 0 Å². The number of fused-ring (bicyclic) bond motifs is 2. The van der Waals surface area contributed by atoms with Crippen LogP contribution in [0.5, 0.6) is 5.75 Å². The molecule has 0 radical (unpaired) electrons. The van der Waals surface area contributed by atoms with E-state index < -0.39 is 0 Å². The van der Waals surface area contributed by atoms with Crippen LogP contribution in [0, 0.1) is 0 Å². The van der Waals surface area contributed by atoms with Crippen LogP contribution in [0.15, 0.2) is 109 Å². The molecule has 2 aromatic heterocycles. The molecule has 0 aliphatic rings. The van der Waals surface area contributed by atoms with Gasteiger partial charge in [-0.3, -0.25) is 9.55 Å². The summed E-state index contributed by atoms with van der Waals surface area (Å²) in [6.45, 7) is 0. The molecule has 0 saturated carbocycles. The van der Waals surface area contributed by atoms with Gasteiger partial charge in [0.05, 0.1) is 11.0 Å². The fourth-order valence-electron chi connectivity index (χ4n) is 4.29. The number of phenols is 1. The molecular formula is C28H19N3O. The van der Waals surface area contributed by atoms with E-state index in [1.54, 1.807) is 12.3 Å². The highest BCUT2D eigenvalue weighted by Gasteiger charge is 2.15. The molecule has 0 aliphatic heterocycles. The summed E-state index contributed by atoms with van der Waals surface area (Å²) in [6.07, 6.45) is 1.70. The molecule has 6 rings (SSSR count). The average molecular weight is 413 g/mol. The minimum Gasteiger partial charge on any atom is -0.506 e. The third kappa shape index (κ3) is 2.93. The minimum atomic E-state index is 0.186. The van der Waals surface area contributed by atoms with Crippen LogP contribution < -0.4 is 0 Å². The normalized spacial score (nSPS) is 11.2. The standard InChI is InChI=1S/C28H19N3O/c32-26-16-15-22(23-12-7-17-29-27(23)26)19-8-6-9-20(18-19)28-30-24-13-4-5-14-25(24)31(28)21-10-2-1-3-11-21/h1-18,32H. The maximum absolute atomic E-state index is 10.2. The van der Waals surface area contributed by atoms with E-state index in [4.69, 9.17) is 4.98 Å². The van der Waals surface area contributed by atoms with E-state index >= 15 is 0 Å². The Morgan fingerprint density at radius 3 is 2.41 bits per heavy atom. The number of hydrogen-bond acceptors (Lipinski definition) is 3. The first kappa shape index (κ1) is 18.3. The third-order valence-corrected chi connectivity index (χ3v) is 5.76. The summed E-state index contributed by atoms with van der Waals surface area (Å²) in [4.78, 5) is 9.34. The topological polar surface area (TPSA) is 50.9 Å². The Kier molecular flexibility index (Phi) is 4.22. The Bertz CT molecular complexity index is 1590. The summed E-state index contributed by atoms with van der Waals surface area (Å²) < 4.78 is 2.20. The van der Waals surface area contributed by atoms with Crippen molar-refractivity contribution in [3.63, 3.8) is 0 Å². The summed E-state index contributed by atoms with van der Waals surface area (Å²) in [5.41, 5.74) is 6.79. The van der Waals surface area contributed by atoms with E-state index in [9.17, 15) is 5.11 Å². The molecule has 0 spiro atoms. The highest BCUT2D eigenvalue weighted by Crippen LogP contribution is 2.35. The lowest BCUT2D eigenvalue weighted by Gasteiger charge is -2.12. The van der Waals surface area contributed by atoms with Crippen LogP contribution in [0.4, 0.5) is 0 Å². The van der Waals surface area contributed by atoms with E-state index in [2.05, 4.69) is 52.0 Å². The second kappa shape index (κ2) is 7.36. The monoisotopic (exact) mass is 413 g/mol. The smallest absolute Gasteiger partial charge is 0.145 e. The zero-order valence-electron chi connectivity index (χ0n) is 17.2. The van der Waals surface area contributed by atoms with Gasteiger partial charge in [0.2, 0.25) is 0 Å². The van der Waals surface area contributed by atoms with Crippen molar-refractivity contribution in [2.24, 2.45) is 0 Å². The van der Waals surface area contributed by atoms with Crippen LogP contribution in [-0.4, -0.2) is 19.6 Å². The van der Waals surface area contributed by atoms with Gasteiger partial charge in [-0.05, 0) is 59.7 Å². The fourth-order valence-corrected chi connectivity index (χ4v) is 4.29. The largest absolute Gasteiger partial charge is 0.506 e. The lowest BCUT2D eigenvalue weighted by Crippen LogP contribution is -1.97. The van der Waals surface area contributed by atoms with Crippen LogP contribution in [-0.2, 0) is 0 Å². The Hall–Kier alpha value is -4.44. The SMILES string of the molecule is Oc1ccc(-c2cccc(-c3nc4ccccc4n3-c3ccccc3)c2)c2cccnc12. The Morgan fingerprint density at radius 2 is 1.50 bits per heavy atom. The van der Waals surface area contributed by atoms with Crippen molar-refractivity contribution in [3.05, 3.63) is 109 Å². The van der Waals surface area contributed by atoms with Gasteiger partial charge in [0.1, 0.15) is 17.1 Å². The molecule has 4 nitrogen and oxygen atoms in total. The molecule has 0 saturated heterocycles. The molecular weight excluding hydrogens is 394 g/mol. The molecule has 0 amide bonds. The lowest BCUT2D eigenvalue weighted by atomic mass is 9.98. The molecule has 0 unspecified atom stereocenters. The van der Waals surface area contributed by atoms with E-state index in [-0.39, 0.29) is 5.75 Å². The number of imidazole rings is 1. The number of rotatable bonds is 3. The first-order chi connectivity index (χ1) is 15.8. The highest BCUT2D eigenvalue weighted by molar-refractivity contribution is 5.98. The van der Waals surface area contributed by atoms with Gasteiger partial charge >= 0.3 is 0 Å². The molecule has 152 valence electrons. The van der Waals surface area contributed by atoms with Crippen molar-refractivity contribution in [1.29, 1.82) is 0 Å². The predicted molar refractivity (Wildman–Crippen MR) is 129 cm³/mol. The second-order valence-electron chi connectivity index (χ2n) is 7.71. The van der Waals surface area contributed by atoms with Gasteiger partial charge in [0, 0.05) is 22.8 Å². The van der Waals surface area contributed by atoms with Gasteiger partial charge in [-0.25, -0.2) is 4.98 Å². The highest BCUT2D eigenvalue weighted by atomic mass is 16.3. The Labute approximate surface area is 185 Å². The van der Waals surface area contributed by atoms with Gasteiger partial charge < -0.3 is 5.11 Å². The first-order valence-electron chi connectivity index (χ1n) is 10.5. The number of pyridine rings is 1. The first-order valence-corrected chi connectivity index (χ1v) is 10.5. The molecule has 2 heterocycles. The van der Waals surface area contributed by atoms with E-state index in [0.29, 0.717) is 5.52 Å². The molecule has 0 fully saturated rings. The quantitative estimate of drug-likeness (QED) is 0.355. The predicted octanol–water partition coefficient (Wildman–Crippen LogP) is 6.61. The number of hydrogen-bond donors (Lipinski definition) is 1. The average Bonchev–Trinajstić information content (AvgIpc) is 3.25. The molecule has 32 heavy (non-hydrogen) atoms. The van der Waals surface area contributed by atoms with Gasteiger partial charge in [-0.1, -0.05) is 54.6 Å². The summed E-state index contributed by atoms with van der Waals surface area (Å²) in [5, 5.41) is 11.2. The lowest BCUT2D eigenvalue weighted by molar-refractivity contribution is 0.480. The molecule has 4 heteroatoms. The van der Waals surface area contributed by atoms with Crippen molar-refractivity contribution in [3.8, 4) is 34.0 Å². The summed E-state index contributed by atoms with van der Waals surface area (Å²) in [5.74, 6) is 1.08. The van der Waals surface area contributed by atoms with E-state index in [1.807, 2.05) is 54.6 Å². The number of benzene rings is 4. The zero-order chi connectivity index (χ0) is 21.5. The summed E-state index contributed by atoms with van der Waals surface area (Å²) >= 11 is 0. The maximum Gasteiger partial charge on any atom is 0.145 e. The Morgan fingerprint density at radius 1 is 0.688 bits per heavy atom. The van der Waals surface area contributed by atoms with Gasteiger partial charge in [-0.15, -0.1) is 0 Å². The Balaban J connectivity index is 1.59. The molecule has 0 aliphatic carbocycles. The number of para-hydroxylation sites is 3. The molecule has 4 aromatic carbocycles. The molecule has 1 N–H and O–H groups in total. The van der Waals surface area contributed by atoms with Crippen LogP contribution in [0.2, 0.25) is 0 Å². The van der Waals surface area contributed by atoms with Crippen LogP contribution >= 0.6 is 0 Å². The van der Waals surface area contributed by atoms with Crippen molar-refractivity contribution >= 4 is 21.9 Å². The van der Waals surface area contributed by atoms with E-state index in [1.165, 1.54) is 0 Å². The van der Waals surface area contributed by atoms with Gasteiger partial charge in [-0.2, -0.15) is 0 Å².